The van der Waals surface area contributed by atoms with Crippen LogP contribution in [-0.2, 0) is 6.54 Å². The first-order valence-corrected chi connectivity index (χ1v) is 10.1. The van der Waals surface area contributed by atoms with Crippen molar-refractivity contribution in [2.75, 3.05) is 27.3 Å². The lowest BCUT2D eigenvalue weighted by atomic mass is 9.91. The number of likely N-dealkylation sites (tertiary alicyclic amines) is 1. The Labute approximate surface area is 172 Å². The van der Waals surface area contributed by atoms with Gasteiger partial charge in [0.15, 0.2) is 0 Å². The molecule has 1 saturated heterocycles. The summed E-state index contributed by atoms with van der Waals surface area (Å²) in [6.07, 6.45) is 5.85. The van der Waals surface area contributed by atoms with Crippen LogP contribution in [0, 0.1) is 0 Å². The predicted octanol–water partition coefficient (Wildman–Crippen LogP) is 4.54. The van der Waals surface area contributed by atoms with Crippen LogP contribution < -0.4 is 9.47 Å². The minimum absolute atomic E-state index is 0.357. The highest BCUT2D eigenvalue weighted by Crippen LogP contribution is 2.36. The fourth-order valence-electron chi connectivity index (χ4n) is 4.11. The molecule has 1 atom stereocenters. The average molecular weight is 389 g/mol. The summed E-state index contributed by atoms with van der Waals surface area (Å²) in [4.78, 5) is 12.0. The smallest absolute Gasteiger partial charge is 0.128 e. The maximum atomic E-state index is 5.57. The van der Waals surface area contributed by atoms with Crippen LogP contribution in [0.25, 0.3) is 11.3 Å². The lowest BCUT2D eigenvalue weighted by Crippen LogP contribution is -2.34. The lowest BCUT2D eigenvalue weighted by molar-refractivity contribution is 0.198. The number of piperidine rings is 1. The molecule has 0 unspecified atom stereocenters. The van der Waals surface area contributed by atoms with Gasteiger partial charge in [0.2, 0.25) is 0 Å². The summed E-state index contributed by atoms with van der Waals surface area (Å²) >= 11 is 0. The highest BCUT2D eigenvalue weighted by atomic mass is 16.5. The van der Waals surface area contributed by atoms with Gasteiger partial charge in [0, 0.05) is 37.0 Å². The van der Waals surface area contributed by atoms with Gasteiger partial charge in [-0.2, -0.15) is 0 Å². The third kappa shape index (κ3) is 4.40. The zero-order chi connectivity index (χ0) is 20.1. The SMILES string of the molecule is COc1ccc(CN2CCC[C@H](c3nccnc3-c3ccccc3OC)C2)cc1. The molecule has 5 heteroatoms. The molecule has 1 aromatic heterocycles. The molecule has 0 bridgehead atoms. The summed E-state index contributed by atoms with van der Waals surface area (Å²) in [6, 6.07) is 16.4. The van der Waals surface area contributed by atoms with E-state index in [4.69, 9.17) is 14.5 Å². The van der Waals surface area contributed by atoms with Gasteiger partial charge in [0.25, 0.3) is 0 Å². The van der Waals surface area contributed by atoms with Crippen LogP contribution in [0.15, 0.2) is 60.9 Å². The van der Waals surface area contributed by atoms with Crippen LogP contribution >= 0.6 is 0 Å². The molecule has 3 aromatic rings. The molecule has 0 N–H and O–H groups in total. The van der Waals surface area contributed by atoms with Crippen molar-refractivity contribution in [3.8, 4) is 22.8 Å². The largest absolute Gasteiger partial charge is 0.497 e. The van der Waals surface area contributed by atoms with E-state index in [0.717, 1.165) is 60.9 Å². The summed E-state index contributed by atoms with van der Waals surface area (Å²) in [7, 11) is 3.40. The number of aromatic nitrogens is 2. The Morgan fingerprint density at radius 3 is 2.55 bits per heavy atom. The van der Waals surface area contributed by atoms with Gasteiger partial charge in [-0.25, -0.2) is 0 Å². The van der Waals surface area contributed by atoms with Crippen LogP contribution in [-0.4, -0.2) is 42.2 Å². The zero-order valence-corrected chi connectivity index (χ0v) is 17.0. The standard InChI is InChI=1S/C24H27N3O2/c1-28-20-11-9-18(10-12-20)16-27-15-5-6-19(17-27)23-24(26-14-13-25-23)21-7-3-4-8-22(21)29-2/h3-4,7-14,19H,5-6,15-17H2,1-2H3/t19-/m0/s1. The second-order valence-electron chi connectivity index (χ2n) is 7.41. The molecule has 4 rings (SSSR count). The van der Waals surface area contributed by atoms with Gasteiger partial charge < -0.3 is 9.47 Å². The number of rotatable bonds is 6. The minimum Gasteiger partial charge on any atom is -0.497 e. The van der Waals surface area contributed by atoms with E-state index in [-0.39, 0.29) is 0 Å². The molecule has 0 amide bonds. The number of hydrogen-bond donors (Lipinski definition) is 0. The second kappa shape index (κ2) is 9.05. The van der Waals surface area contributed by atoms with Gasteiger partial charge in [-0.1, -0.05) is 24.3 Å². The Hall–Kier alpha value is -2.92. The van der Waals surface area contributed by atoms with Gasteiger partial charge in [0.1, 0.15) is 11.5 Å². The number of ether oxygens (including phenoxy) is 2. The summed E-state index contributed by atoms with van der Waals surface area (Å²) in [5.74, 6) is 2.09. The minimum atomic E-state index is 0.357. The van der Waals surface area contributed by atoms with E-state index < -0.39 is 0 Å². The number of hydrogen-bond acceptors (Lipinski definition) is 5. The third-order valence-electron chi connectivity index (χ3n) is 5.55. The van der Waals surface area contributed by atoms with Gasteiger partial charge in [-0.15, -0.1) is 0 Å². The first-order valence-electron chi connectivity index (χ1n) is 10.1. The normalized spacial score (nSPS) is 17.1. The van der Waals surface area contributed by atoms with Crippen LogP contribution in [0.3, 0.4) is 0 Å². The Morgan fingerprint density at radius 2 is 1.76 bits per heavy atom. The van der Waals surface area contributed by atoms with Crippen LogP contribution in [0.2, 0.25) is 0 Å². The summed E-state index contributed by atoms with van der Waals surface area (Å²) in [5, 5.41) is 0. The fraction of sp³-hybridized carbons (Fsp3) is 0.333. The van der Waals surface area contributed by atoms with Gasteiger partial charge >= 0.3 is 0 Å². The lowest BCUT2D eigenvalue weighted by Gasteiger charge is -2.33. The van der Waals surface area contributed by atoms with E-state index in [1.165, 1.54) is 5.56 Å². The second-order valence-corrected chi connectivity index (χ2v) is 7.41. The van der Waals surface area contributed by atoms with Crippen LogP contribution in [0.5, 0.6) is 11.5 Å². The molecule has 1 aliphatic heterocycles. The topological polar surface area (TPSA) is 47.5 Å². The molecule has 29 heavy (non-hydrogen) atoms. The predicted molar refractivity (Wildman–Crippen MR) is 114 cm³/mol. The molecular weight excluding hydrogens is 362 g/mol. The van der Waals surface area contributed by atoms with Gasteiger partial charge in [-0.05, 0) is 49.2 Å². The summed E-state index contributed by atoms with van der Waals surface area (Å²) in [6.45, 7) is 3.02. The van der Waals surface area contributed by atoms with Crippen molar-refractivity contribution in [3.63, 3.8) is 0 Å². The van der Waals surface area contributed by atoms with Crippen LogP contribution in [0.1, 0.15) is 30.0 Å². The molecule has 150 valence electrons. The van der Waals surface area contributed by atoms with Gasteiger partial charge in [-0.3, -0.25) is 14.9 Å². The molecule has 0 radical (unpaired) electrons. The first-order chi connectivity index (χ1) is 14.3. The first kappa shape index (κ1) is 19.4. The van der Waals surface area contributed by atoms with E-state index in [1.54, 1.807) is 26.6 Å². The summed E-state index contributed by atoms with van der Waals surface area (Å²) < 4.78 is 10.8. The number of nitrogens with zero attached hydrogens (tertiary/aromatic N) is 3. The van der Waals surface area contributed by atoms with E-state index in [9.17, 15) is 0 Å². The Morgan fingerprint density at radius 1 is 0.966 bits per heavy atom. The van der Waals surface area contributed by atoms with Crippen molar-refractivity contribution >= 4 is 0 Å². The highest BCUT2D eigenvalue weighted by molar-refractivity contribution is 5.69. The van der Waals surface area contributed by atoms with Crippen molar-refractivity contribution in [2.45, 2.75) is 25.3 Å². The van der Waals surface area contributed by atoms with Crippen molar-refractivity contribution < 1.29 is 9.47 Å². The van der Waals surface area contributed by atoms with Crippen LogP contribution in [0.4, 0.5) is 0 Å². The molecule has 0 aliphatic carbocycles. The van der Waals surface area contributed by atoms with Crippen molar-refractivity contribution in [1.82, 2.24) is 14.9 Å². The Kier molecular flexibility index (Phi) is 6.06. The molecular formula is C24H27N3O2. The molecule has 2 heterocycles. The molecule has 1 fully saturated rings. The quantitative estimate of drug-likeness (QED) is 0.619. The number of benzene rings is 2. The molecule has 2 aromatic carbocycles. The van der Waals surface area contributed by atoms with Crippen molar-refractivity contribution in [2.24, 2.45) is 0 Å². The maximum absolute atomic E-state index is 5.57. The van der Waals surface area contributed by atoms with Crippen molar-refractivity contribution in [3.05, 3.63) is 72.2 Å². The Balaban J connectivity index is 1.55. The summed E-state index contributed by atoms with van der Waals surface area (Å²) in [5.41, 5.74) is 4.30. The third-order valence-corrected chi connectivity index (χ3v) is 5.55. The zero-order valence-electron chi connectivity index (χ0n) is 17.0. The molecule has 0 saturated carbocycles. The number of methoxy groups -OCH3 is 2. The average Bonchev–Trinajstić information content (AvgIpc) is 2.80. The molecule has 5 nitrogen and oxygen atoms in total. The van der Waals surface area contributed by atoms with Gasteiger partial charge in [0.05, 0.1) is 25.6 Å². The maximum Gasteiger partial charge on any atom is 0.128 e. The van der Waals surface area contributed by atoms with E-state index in [0.29, 0.717) is 5.92 Å². The fourth-order valence-corrected chi connectivity index (χ4v) is 4.11. The monoisotopic (exact) mass is 389 g/mol. The van der Waals surface area contributed by atoms with E-state index >= 15 is 0 Å². The number of para-hydroxylation sites is 1. The molecule has 0 spiro atoms. The van der Waals surface area contributed by atoms with Crippen molar-refractivity contribution in [1.29, 1.82) is 0 Å². The Bertz CT molecular complexity index is 943. The molecule has 1 aliphatic rings. The highest BCUT2D eigenvalue weighted by Gasteiger charge is 2.26. The van der Waals surface area contributed by atoms with E-state index in [1.807, 2.05) is 30.3 Å². The van der Waals surface area contributed by atoms with E-state index in [2.05, 4.69) is 28.1 Å².